The Morgan fingerprint density at radius 1 is 1.42 bits per heavy atom. The van der Waals surface area contributed by atoms with E-state index < -0.39 is 0 Å². The van der Waals surface area contributed by atoms with Gasteiger partial charge in [0.05, 0.1) is 12.7 Å². The van der Waals surface area contributed by atoms with Crippen LogP contribution in [0.4, 0.5) is 5.82 Å². The van der Waals surface area contributed by atoms with E-state index in [1.807, 2.05) is 13.8 Å². The maximum absolute atomic E-state index is 12.2. The Hall–Kier alpha value is -1.82. The van der Waals surface area contributed by atoms with Crippen LogP contribution >= 0.6 is 15.9 Å². The van der Waals surface area contributed by atoms with Crippen LogP contribution in [0.25, 0.3) is 0 Å². The van der Waals surface area contributed by atoms with Crippen LogP contribution in [0.3, 0.4) is 0 Å². The van der Waals surface area contributed by atoms with Crippen LogP contribution in [0.2, 0.25) is 0 Å². The molecule has 0 fully saturated rings. The molecule has 1 heterocycles. The van der Waals surface area contributed by atoms with Crippen LogP contribution in [0.1, 0.15) is 21.6 Å². The standard InChI is InChI=1S/C13H14BrN3O2/c1-7-8(2)16-17-12(7)15-13(18)10-6-9(19-3)4-5-11(10)14/h4-6H,1-3H3,(H2,15,16,17,18). The molecule has 6 heteroatoms. The van der Waals surface area contributed by atoms with Crippen molar-refractivity contribution < 1.29 is 9.53 Å². The number of carbonyl (C=O) groups excluding carboxylic acids is 1. The molecule has 0 spiro atoms. The summed E-state index contributed by atoms with van der Waals surface area (Å²) in [5.41, 5.74) is 2.35. The molecule has 2 N–H and O–H groups in total. The number of methoxy groups -OCH3 is 1. The smallest absolute Gasteiger partial charge is 0.258 e. The lowest BCUT2D eigenvalue weighted by molar-refractivity contribution is 0.102. The first kappa shape index (κ1) is 13.6. The Kier molecular flexibility index (Phi) is 3.90. The lowest BCUT2D eigenvalue weighted by atomic mass is 10.2. The first-order valence-electron chi connectivity index (χ1n) is 5.69. The molecule has 0 radical (unpaired) electrons. The fourth-order valence-electron chi connectivity index (χ4n) is 1.59. The van der Waals surface area contributed by atoms with Crippen molar-refractivity contribution in [3.8, 4) is 5.75 Å². The largest absolute Gasteiger partial charge is 0.497 e. The summed E-state index contributed by atoms with van der Waals surface area (Å²) in [5, 5.41) is 9.65. The minimum Gasteiger partial charge on any atom is -0.497 e. The zero-order chi connectivity index (χ0) is 14.0. The van der Waals surface area contributed by atoms with Gasteiger partial charge >= 0.3 is 0 Å². The van der Waals surface area contributed by atoms with E-state index in [2.05, 4.69) is 31.4 Å². The molecule has 0 aliphatic heterocycles. The number of hydrogen-bond donors (Lipinski definition) is 2. The highest BCUT2D eigenvalue weighted by atomic mass is 79.9. The SMILES string of the molecule is COc1ccc(Br)c(C(=O)Nc2n[nH]c(C)c2C)c1. The molecule has 0 aliphatic carbocycles. The first-order chi connectivity index (χ1) is 9.02. The third-order valence-corrected chi connectivity index (χ3v) is 3.59. The number of aromatic nitrogens is 2. The Morgan fingerprint density at radius 2 is 2.16 bits per heavy atom. The van der Waals surface area contributed by atoms with Crippen molar-refractivity contribution in [3.05, 3.63) is 39.5 Å². The molecule has 100 valence electrons. The highest BCUT2D eigenvalue weighted by Crippen LogP contribution is 2.24. The number of hydrogen-bond acceptors (Lipinski definition) is 3. The highest BCUT2D eigenvalue weighted by molar-refractivity contribution is 9.10. The third kappa shape index (κ3) is 2.78. The summed E-state index contributed by atoms with van der Waals surface area (Å²) < 4.78 is 5.82. The zero-order valence-corrected chi connectivity index (χ0v) is 12.5. The molecule has 0 unspecified atom stereocenters. The molecule has 2 rings (SSSR count). The van der Waals surface area contributed by atoms with Crippen molar-refractivity contribution >= 4 is 27.7 Å². The van der Waals surface area contributed by atoms with E-state index in [0.717, 1.165) is 11.3 Å². The van der Waals surface area contributed by atoms with Gasteiger partial charge in [-0.1, -0.05) is 0 Å². The predicted molar refractivity (Wildman–Crippen MR) is 76.7 cm³/mol. The van der Waals surface area contributed by atoms with Gasteiger partial charge in [-0.15, -0.1) is 0 Å². The van der Waals surface area contributed by atoms with E-state index >= 15 is 0 Å². The first-order valence-corrected chi connectivity index (χ1v) is 6.48. The number of halogens is 1. The number of ether oxygens (including phenoxy) is 1. The maximum atomic E-state index is 12.2. The van der Waals surface area contributed by atoms with Crippen molar-refractivity contribution in [2.24, 2.45) is 0 Å². The van der Waals surface area contributed by atoms with Crippen molar-refractivity contribution in [3.63, 3.8) is 0 Å². The molecule has 1 aromatic carbocycles. The number of carbonyl (C=O) groups is 1. The molecule has 0 aliphatic rings. The normalized spacial score (nSPS) is 10.3. The summed E-state index contributed by atoms with van der Waals surface area (Å²) >= 11 is 3.35. The molecule has 1 amide bonds. The fraction of sp³-hybridized carbons (Fsp3) is 0.231. The number of H-pyrrole nitrogens is 1. The second-order valence-electron chi connectivity index (χ2n) is 4.12. The average Bonchev–Trinajstić information content (AvgIpc) is 2.71. The zero-order valence-electron chi connectivity index (χ0n) is 10.9. The molecular weight excluding hydrogens is 310 g/mol. The van der Waals surface area contributed by atoms with Crippen molar-refractivity contribution in [1.29, 1.82) is 0 Å². The summed E-state index contributed by atoms with van der Waals surface area (Å²) in [6.45, 7) is 3.80. The summed E-state index contributed by atoms with van der Waals surface area (Å²) in [5.74, 6) is 0.931. The fourth-order valence-corrected chi connectivity index (χ4v) is 2.01. The number of aromatic amines is 1. The molecule has 5 nitrogen and oxygen atoms in total. The Morgan fingerprint density at radius 3 is 2.74 bits per heavy atom. The Bertz CT molecular complexity index is 622. The summed E-state index contributed by atoms with van der Waals surface area (Å²) in [6, 6.07) is 5.23. The molecule has 0 saturated carbocycles. The van der Waals surface area contributed by atoms with Crippen molar-refractivity contribution in [2.45, 2.75) is 13.8 Å². The number of amides is 1. The number of nitrogens with one attached hydrogen (secondary N) is 2. The number of nitrogens with zero attached hydrogens (tertiary/aromatic N) is 1. The number of benzene rings is 1. The summed E-state index contributed by atoms with van der Waals surface area (Å²) in [7, 11) is 1.56. The van der Waals surface area contributed by atoms with Gasteiger partial charge in [0.15, 0.2) is 5.82 Å². The topological polar surface area (TPSA) is 67.0 Å². The van der Waals surface area contributed by atoms with E-state index in [0.29, 0.717) is 21.6 Å². The van der Waals surface area contributed by atoms with Gasteiger partial charge in [-0.2, -0.15) is 5.10 Å². The van der Waals surface area contributed by atoms with E-state index in [1.165, 1.54) is 0 Å². The van der Waals surface area contributed by atoms with E-state index in [4.69, 9.17) is 4.74 Å². The number of aryl methyl sites for hydroxylation is 1. The van der Waals surface area contributed by atoms with Crippen molar-refractivity contribution in [1.82, 2.24) is 10.2 Å². The molecule has 0 saturated heterocycles. The van der Waals surface area contributed by atoms with Gasteiger partial charge in [0.2, 0.25) is 0 Å². The van der Waals surface area contributed by atoms with Crippen LogP contribution in [0.5, 0.6) is 5.75 Å². The maximum Gasteiger partial charge on any atom is 0.258 e. The van der Waals surface area contributed by atoms with Crippen molar-refractivity contribution in [2.75, 3.05) is 12.4 Å². The predicted octanol–water partition coefficient (Wildman–Crippen LogP) is 3.05. The van der Waals surface area contributed by atoms with Crippen LogP contribution in [0.15, 0.2) is 22.7 Å². The third-order valence-electron chi connectivity index (χ3n) is 2.90. The van der Waals surface area contributed by atoms with E-state index in [9.17, 15) is 4.79 Å². The van der Waals surface area contributed by atoms with Gasteiger partial charge < -0.3 is 10.1 Å². The number of rotatable bonds is 3. The minimum atomic E-state index is -0.236. The van der Waals surface area contributed by atoms with E-state index in [-0.39, 0.29) is 5.91 Å². The quantitative estimate of drug-likeness (QED) is 0.912. The average molecular weight is 324 g/mol. The second kappa shape index (κ2) is 5.44. The lowest BCUT2D eigenvalue weighted by Gasteiger charge is -2.07. The monoisotopic (exact) mass is 323 g/mol. The van der Waals surface area contributed by atoms with Gasteiger partial charge in [-0.25, -0.2) is 0 Å². The molecule has 19 heavy (non-hydrogen) atoms. The van der Waals surface area contributed by atoms with Crippen LogP contribution < -0.4 is 10.1 Å². The summed E-state index contributed by atoms with van der Waals surface area (Å²) in [4.78, 5) is 12.2. The van der Waals surface area contributed by atoms with Gasteiger partial charge in [0.25, 0.3) is 5.91 Å². The summed E-state index contributed by atoms with van der Waals surface area (Å²) in [6.07, 6.45) is 0. The van der Waals surface area contributed by atoms with Crippen LogP contribution in [-0.2, 0) is 0 Å². The van der Waals surface area contributed by atoms with Gasteiger partial charge in [-0.05, 0) is 48.0 Å². The van der Waals surface area contributed by atoms with Gasteiger partial charge in [-0.3, -0.25) is 9.89 Å². The highest BCUT2D eigenvalue weighted by Gasteiger charge is 2.14. The molecule has 2 aromatic rings. The lowest BCUT2D eigenvalue weighted by Crippen LogP contribution is -2.13. The molecule has 1 aromatic heterocycles. The molecule has 0 bridgehead atoms. The molecular formula is C13H14BrN3O2. The second-order valence-corrected chi connectivity index (χ2v) is 4.98. The Labute approximate surface area is 119 Å². The van der Waals surface area contributed by atoms with Crippen LogP contribution in [0, 0.1) is 13.8 Å². The van der Waals surface area contributed by atoms with Gasteiger partial charge in [0.1, 0.15) is 5.75 Å². The van der Waals surface area contributed by atoms with Crippen LogP contribution in [-0.4, -0.2) is 23.2 Å². The Balaban J connectivity index is 2.27. The number of anilines is 1. The van der Waals surface area contributed by atoms with Gasteiger partial charge in [0, 0.05) is 15.7 Å². The minimum absolute atomic E-state index is 0.236. The molecule has 0 atom stereocenters. The van der Waals surface area contributed by atoms with E-state index in [1.54, 1.807) is 25.3 Å².